The first-order chi connectivity index (χ1) is 12.3. The van der Waals surface area contributed by atoms with Gasteiger partial charge in [-0.2, -0.15) is 18.3 Å². The number of aromatic amines is 1. The van der Waals surface area contributed by atoms with Gasteiger partial charge >= 0.3 is 6.18 Å². The van der Waals surface area contributed by atoms with Gasteiger partial charge in [0.15, 0.2) is 10.6 Å². The Morgan fingerprint density at radius 1 is 1.38 bits per heavy atom. The average molecular weight is 382 g/mol. The van der Waals surface area contributed by atoms with E-state index >= 15 is 0 Å². The standard InChI is InChI=1S/C17H17F3N4OS/c18-17(19,20)10-3-1-2-9(6-10)12-7-13(12)15(25)21-8-14-22-23-16(26)24(14)11-4-5-11/h1-3,6,11-13H,4-5,7-8H2,(H,21,25)(H,23,26)/t12-,13-/m1/s1. The third-order valence-corrected chi connectivity index (χ3v) is 5.17. The van der Waals surface area contributed by atoms with Crippen LogP contribution in [0.1, 0.15) is 48.2 Å². The number of rotatable bonds is 5. The number of halogens is 3. The topological polar surface area (TPSA) is 62.7 Å². The summed E-state index contributed by atoms with van der Waals surface area (Å²) in [5.74, 6) is 0.0575. The molecule has 2 fully saturated rings. The summed E-state index contributed by atoms with van der Waals surface area (Å²) in [7, 11) is 0. The minimum absolute atomic E-state index is 0.163. The molecule has 0 saturated heterocycles. The van der Waals surface area contributed by atoms with E-state index in [1.165, 1.54) is 6.07 Å². The molecular weight excluding hydrogens is 365 g/mol. The van der Waals surface area contributed by atoms with Gasteiger partial charge in [-0.3, -0.25) is 14.5 Å². The summed E-state index contributed by atoms with van der Waals surface area (Å²) in [4.78, 5) is 12.3. The Labute approximate surface area is 152 Å². The highest BCUT2D eigenvalue weighted by Gasteiger charge is 2.44. The Kier molecular flexibility index (Phi) is 4.13. The van der Waals surface area contributed by atoms with Crippen LogP contribution >= 0.6 is 12.2 Å². The van der Waals surface area contributed by atoms with Crippen LogP contribution in [0.15, 0.2) is 24.3 Å². The molecule has 2 atom stereocenters. The highest BCUT2D eigenvalue weighted by molar-refractivity contribution is 7.71. The second-order valence-corrected chi connectivity index (χ2v) is 7.22. The van der Waals surface area contributed by atoms with E-state index in [0.29, 0.717) is 28.6 Å². The number of H-pyrrole nitrogens is 1. The Hall–Kier alpha value is -2.16. The third kappa shape index (κ3) is 3.40. The maximum atomic E-state index is 12.8. The first-order valence-corrected chi connectivity index (χ1v) is 8.86. The van der Waals surface area contributed by atoms with E-state index in [1.807, 2.05) is 4.57 Å². The van der Waals surface area contributed by atoms with Gasteiger partial charge in [-0.25, -0.2) is 0 Å². The van der Waals surface area contributed by atoms with Crippen molar-refractivity contribution < 1.29 is 18.0 Å². The number of carbonyl (C=O) groups excluding carboxylic acids is 1. The van der Waals surface area contributed by atoms with Gasteiger partial charge in [0.05, 0.1) is 12.1 Å². The molecule has 2 saturated carbocycles. The van der Waals surface area contributed by atoms with E-state index in [1.54, 1.807) is 6.07 Å². The lowest BCUT2D eigenvalue weighted by molar-refractivity contribution is -0.137. The lowest BCUT2D eigenvalue weighted by Gasteiger charge is -2.09. The molecule has 2 aromatic rings. The molecule has 0 unspecified atom stereocenters. The summed E-state index contributed by atoms with van der Waals surface area (Å²) in [6, 6.07) is 5.56. The van der Waals surface area contributed by atoms with Crippen LogP contribution in [0.25, 0.3) is 0 Å². The fourth-order valence-electron chi connectivity index (χ4n) is 3.27. The van der Waals surface area contributed by atoms with Crippen LogP contribution in [0.5, 0.6) is 0 Å². The molecule has 2 N–H and O–H groups in total. The molecule has 138 valence electrons. The fourth-order valence-corrected chi connectivity index (χ4v) is 3.57. The minimum atomic E-state index is -4.37. The molecule has 1 amide bonds. The fraction of sp³-hybridized carbons (Fsp3) is 0.471. The molecule has 4 rings (SSSR count). The van der Waals surface area contributed by atoms with Gasteiger partial charge in [0, 0.05) is 12.0 Å². The van der Waals surface area contributed by atoms with E-state index in [4.69, 9.17) is 12.2 Å². The highest BCUT2D eigenvalue weighted by Crippen LogP contribution is 2.48. The van der Waals surface area contributed by atoms with E-state index in [-0.39, 0.29) is 24.3 Å². The predicted molar refractivity (Wildman–Crippen MR) is 89.8 cm³/mol. The number of amides is 1. The monoisotopic (exact) mass is 382 g/mol. The van der Waals surface area contributed by atoms with Gasteiger partial charge < -0.3 is 5.32 Å². The lowest BCUT2D eigenvalue weighted by Crippen LogP contribution is -2.26. The summed E-state index contributed by atoms with van der Waals surface area (Å²) in [6.45, 7) is 0.258. The normalized spacial score (nSPS) is 22.3. The average Bonchev–Trinajstić information content (AvgIpc) is 3.51. The Balaban J connectivity index is 1.38. The largest absolute Gasteiger partial charge is 0.416 e. The van der Waals surface area contributed by atoms with Crippen LogP contribution in [0.4, 0.5) is 13.2 Å². The van der Waals surface area contributed by atoms with Crippen molar-refractivity contribution in [1.82, 2.24) is 20.1 Å². The van der Waals surface area contributed by atoms with Crippen LogP contribution in [0, 0.1) is 10.7 Å². The molecule has 1 aromatic heterocycles. The smallest absolute Gasteiger partial charge is 0.349 e. The second-order valence-electron chi connectivity index (χ2n) is 6.84. The van der Waals surface area contributed by atoms with Crippen LogP contribution < -0.4 is 5.32 Å². The van der Waals surface area contributed by atoms with E-state index in [0.717, 1.165) is 25.0 Å². The van der Waals surface area contributed by atoms with Crippen molar-refractivity contribution in [2.75, 3.05) is 0 Å². The zero-order valence-electron chi connectivity index (χ0n) is 13.7. The Morgan fingerprint density at radius 2 is 2.15 bits per heavy atom. The summed E-state index contributed by atoms with van der Waals surface area (Å²) in [5, 5.41) is 9.72. The molecule has 26 heavy (non-hydrogen) atoms. The van der Waals surface area contributed by atoms with Gasteiger partial charge in [0.2, 0.25) is 5.91 Å². The molecule has 2 aliphatic carbocycles. The van der Waals surface area contributed by atoms with E-state index in [2.05, 4.69) is 15.5 Å². The van der Waals surface area contributed by atoms with Gasteiger partial charge in [0.1, 0.15) is 0 Å². The predicted octanol–water partition coefficient (Wildman–Crippen LogP) is 3.71. The molecule has 2 aliphatic rings. The Bertz CT molecular complexity index is 900. The van der Waals surface area contributed by atoms with Crippen LogP contribution in [-0.4, -0.2) is 20.7 Å². The maximum Gasteiger partial charge on any atom is 0.416 e. The van der Waals surface area contributed by atoms with Crippen molar-refractivity contribution in [2.24, 2.45) is 5.92 Å². The summed E-state index contributed by atoms with van der Waals surface area (Å²) in [5.41, 5.74) is -0.123. The third-order valence-electron chi connectivity index (χ3n) is 4.88. The first kappa shape index (κ1) is 17.3. The number of hydrogen-bond donors (Lipinski definition) is 2. The first-order valence-electron chi connectivity index (χ1n) is 8.45. The molecule has 5 nitrogen and oxygen atoms in total. The maximum absolute atomic E-state index is 12.8. The zero-order valence-corrected chi connectivity index (χ0v) is 14.5. The van der Waals surface area contributed by atoms with Crippen molar-refractivity contribution in [3.63, 3.8) is 0 Å². The van der Waals surface area contributed by atoms with Crippen molar-refractivity contribution in [1.29, 1.82) is 0 Å². The highest BCUT2D eigenvalue weighted by atomic mass is 32.1. The summed E-state index contributed by atoms with van der Waals surface area (Å²) >= 11 is 5.20. The molecule has 0 radical (unpaired) electrons. The van der Waals surface area contributed by atoms with Gasteiger partial charge in [0.25, 0.3) is 0 Å². The van der Waals surface area contributed by atoms with Gasteiger partial charge in [-0.05, 0) is 49.0 Å². The lowest BCUT2D eigenvalue weighted by atomic mass is 10.1. The molecule has 0 bridgehead atoms. The van der Waals surface area contributed by atoms with Crippen LogP contribution in [0.3, 0.4) is 0 Å². The molecule has 9 heteroatoms. The zero-order chi connectivity index (χ0) is 18.5. The molecule has 0 aliphatic heterocycles. The molecule has 0 spiro atoms. The Morgan fingerprint density at radius 3 is 2.85 bits per heavy atom. The van der Waals surface area contributed by atoms with E-state index in [9.17, 15) is 18.0 Å². The minimum Gasteiger partial charge on any atom is -0.349 e. The van der Waals surface area contributed by atoms with Gasteiger partial charge in [-0.1, -0.05) is 18.2 Å². The number of nitrogens with one attached hydrogen (secondary N) is 2. The number of alkyl halides is 3. The van der Waals surface area contributed by atoms with Crippen LogP contribution in [0.2, 0.25) is 0 Å². The van der Waals surface area contributed by atoms with Crippen molar-refractivity contribution in [3.05, 3.63) is 46.0 Å². The summed E-state index contributed by atoms with van der Waals surface area (Å²) < 4.78 is 40.9. The van der Waals surface area contributed by atoms with Crippen molar-refractivity contribution in [2.45, 2.75) is 43.9 Å². The summed E-state index contributed by atoms with van der Waals surface area (Å²) in [6.07, 6.45) is -1.71. The van der Waals surface area contributed by atoms with Crippen LogP contribution in [-0.2, 0) is 17.5 Å². The number of hydrogen-bond acceptors (Lipinski definition) is 3. The quantitative estimate of drug-likeness (QED) is 0.775. The van der Waals surface area contributed by atoms with Crippen molar-refractivity contribution in [3.8, 4) is 0 Å². The number of carbonyl (C=O) groups is 1. The molecular formula is C17H17F3N4OS. The number of nitrogens with zero attached hydrogens (tertiary/aromatic N) is 2. The van der Waals surface area contributed by atoms with E-state index < -0.39 is 11.7 Å². The SMILES string of the molecule is O=C(NCc1n[nH]c(=S)n1C1CC1)[C@@H]1C[C@@H]1c1cccc(C(F)(F)F)c1. The molecule has 1 aromatic carbocycles. The van der Waals surface area contributed by atoms with Gasteiger partial charge in [-0.15, -0.1) is 0 Å². The number of aromatic nitrogens is 3. The second kappa shape index (κ2) is 6.22. The number of benzene rings is 1. The molecule has 1 heterocycles. The van der Waals surface area contributed by atoms with Crippen molar-refractivity contribution >= 4 is 18.1 Å².